The summed E-state index contributed by atoms with van der Waals surface area (Å²) in [6, 6.07) is 11.7. The molecule has 0 aliphatic carbocycles. The smallest absolute Gasteiger partial charge is 0.125 e. The SMILES string of the molecule is COc1ccccc1COc1ccc(F)cc1[C@H](C)N. The second-order valence-corrected chi connectivity index (χ2v) is 4.57. The molecule has 0 amide bonds. The van der Waals surface area contributed by atoms with Gasteiger partial charge in [-0.05, 0) is 31.2 Å². The summed E-state index contributed by atoms with van der Waals surface area (Å²) in [5.74, 6) is 1.03. The van der Waals surface area contributed by atoms with Crippen LogP contribution in [0.3, 0.4) is 0 Å². The van der Waals surface area contributed by atoms with Gasteiger partial charge in [0, 0.05) is 17.2 Å². The van der Waals surface area contributed by atoms with Gasteiger partial charge >= 0.3 is 0 Å². The van der Waals surface area contributed by atoms with Gasteiger partial charge in [-0.1, -0.05) is 18.2 Å². The quantitative estimate of drug-likeness (QED) is 0.909. The van der Waals surface area contributed by atoms with Crippen molar-refractivity contribution in [2.45, 2.75) is 19.6 Å². The van der Waals surface area contributed by atoms with E-state index in [1.165, 1.54) is 12.1 Å². The Bertz CT molecular complexity index is 584. The van der Waals surface area contributed by atoms with E-state index in [0.29, 0.717) is 17.9 Å². The number of rotatable bonds is 5. The van der Waals surface area contributed by atoms with Crippen LogP contribution >= 0.6 is 0 Å². The number of nitrogens with two attached hydrogens (primary N) is 1. The summed E-state index contributed by atoms with van der Waals surface area (Å²) in [4.78, 5) is 0. The lowest BCUT2D eigenvalue weighted by Crippen LogP contribution is -2.09. The Hall–Kier alpha value is -2.07. The highest BCUT2D eigenvalue weighted by Crippen LogP contribution is 2.27. The first-order valence-corrected chi connectivity index (χ1v) is 6.41. The number of benzene rings is 2. The first-order chi connectivity index (χ1) is 9.61. The molecule has 20 heavy (non-hydrogen) atoms. The van der Waals surface area contributed by atoms with E-state index in [9.17, 15) is 4.39 Å². The van der Waals surface area contributed by atoms with Crippen molar-refractivity contribution in [3.8, 4) is 11.5 Å². The molecule has 1 atom stereocenters. The Morgan fingerprint density at radius 1 is 1.15 bits per heavy atom. The second-order valence-electron chi connectivity index (χ2n) is 4.57. The van der Waals surface area contributed by atoms with E-state index in [1.54, 1.807) is 20.1 Å². The minimum Gasteiger partial charge on any atom is -0.496 e. The van der Waals surface area contributed by atoms with Crippen LogP contribution in [-0.4, -0.2) is 7.11 Å². The van der Waals surface area contributed by atoms with Crippen molar-refractivity contribution in [3.63, 3.8) is 0 Å². The normalized spacial score (nSPS) is 12.0. The van der Waals surface area contributed by atoms with Crippen LogP contribution in [0.2, 0.25) is 0 Å². The number of halogens is 1. The van der Waals surface area contributed by atoms with E-state index >= 15 is 0 Å². The lowest BCUT2D eigenvalue weighted by atomic mass is 10.1. The van der Waals surface area contributed by atoms with Crippen molar-refractivity contribution in [3.05, 3.63) is 59.4 Å². The van der Waals surface area contributed by atoms with Crippen LogP contribution in [0.5, 0.6) is 11.5 Å². The van der Waals surface area contributed by atoms with Gasteiger partial charge in [-0.15, -0.1) is 0 Å². The summed E-state index contributed by atoms with van der Waals surface area (Å²) in [5, 5.41) is 0. The van der Waals surface area contributed by atoms with E-state index in [4.69, 9.17) is 15.2 Å². The zero-order valence-electron chi connectivity index (χ0n) is 11.6. The van der Waals surface area contributed by atoms with Crippen molar-refractivity contribution in [1.82, 2.24) is 0 Å². The molecule has 0 heterocycles. The summed E-state index contributed by atoms with van der Waals surface area (Å²) in [7, 11) is 1.62. The Labute approximate surface area is 118 Å². The highest BCUT2D eigenvalue weighted by Gasteiger charge is 2.11. The maximum absolute atomic E-state index is 13.3. The predicted octanol–water partition coefficient (Wildman–Crippen LogP) is 3.43. The van der Waals surface area contributed by atoms with Crippen LogP contribution in [0.15, 0.2) is 42.5 Å². The van der Waals surface area contributed by atoms with Crippen LogP contribution in [0.4, 0.5) is 4.39 Å². The van der Waals surface area contributed by atoms with E-state index in [1.807, 2.05) is 24.3 Å². The van der Waals surface area contributed by atoms with Crippen molar-refractivity contribution in [1.29, 1.82) is 0 Å². The molecular weight excluding hydrogens is 257 g/mol. The molecule has 0 fully saturated rings. The lowest BCUT2D eigenvalue weighted by molar-refractivity contribution is 0.292. The molecule has 0 aliphatic rings. The summed E-state index contributed by atoms with van der Waals surface area (Å²) in [6.45, 7) is 2.14. The summed E-state index contributed by atoms with van der Waals surface area (Å²) < 4.78 is 24.3. The Kier molecular flexibility index (Phi) is 4.58. The standard InChI is InChI=1S/C16H18FNO2/c1-11(18)14-9-13(17)7-8-16(14)20-10-12-5-3-4-6-15(12)19-2/h3-9,11H,10,18H2,1-2H3/t11-/m0/s1. The predicted molar refractivity (Wildman–Crippen MR) is 76.3 cm³/mol. The fourth-order valence-electron chi connectivity index (χ4n) is 1.98. The summed E-state index contributed by atoms with van der Waals surface area (Å²) >= 11 is 0. The largest absolute Gasteiger partial charge is 0.496 e. The van der Waals surface area contributed by atoms with Crippen LogP contribution in [0.1, 0.15) is 24.1 Å². The molecule has 0 saturated heterocycles. The van der Waals surface area contributed by atoms with Crippen molar-refractivity contribution >= 4 is 0 Å². The minimum absolute atomic E-state index is 0.293. The average Bonchev–Trinajstić information content (AvgIpc) is 2.46. The average molecular weight is 275 g/mol. The molecule has 106 valence electrons. The molecule has 2 aromatic carbocycles. The molecule has 2 N–H and O–H groups in total. The van der Waals surface area contributed by atoms with Gasteiger partial charge in [0.2, 0.25) is 0 Å². The third-order valence-corrected chi connectivity index (χ3v) is 3.04. The summed E-state index contributed by atoms with van der Waals surface area (Å²) in [5.41, 5.74) is 7.42. The van der Waals surface area contributed by atoms with E-state index in [0.717, 1.165) is 11.3 Å². The zero-order valence-corrected chi connectivity index (χ0v) is 11.6. The van der Waals surface area contributed by atoms with Gasteiger partial charge < -0.3 is 15.2 Å². The third-order valence-electron chi connectivity index (χ3n) is 3.04. The molecule has 0 spiro atoms. The number of ether oxygens (including phenoxy) is 2. The highest BCUT2D eigenvalue weighted by atomic mass is 19.1. The molecule has 0 bridgehead atoms. The number of para-hydroxylation sites is 1. The van der Waals surface area contributed by atoms with Crippen molar-refractivity contribution in [2.75, 3.05) is 7.11 Å². The summed E-state index contributed by atoms with van der Waals surface area (Å²) in [6.07, 6.45) is 0. The number of methoxy groups -OCH3 is 1. The van der Waals surface area contributed by atoms with E-state index in [-0.39, 0.29) is 11.9 Å². The molecule has 2 aromatic rings. The van der Waals surface area contributed by atoms with Crippen LogP contribution in [0.25, 0.3) is 0 Å². The molecular formula is C16H18FNO2. The first-order valence-electron chi connectivity index (χ1n) is 6.41. The first kappa shape index (κ1) is 14.3. The molecule has 4 heteroatoms. The van der Waals surface area contributed by atoms with Crippen LogP contribution in [0, 0.1) is 5.82 Å². The molecule has 3 nitrogen and oxygen atoms in total. The van der Waals surface area contributed by atoms with Gasteiger partial charge in [0.1, 0.15) is 23.9 Å². The minimum atomic E-state index is -0.318. The fraction of sp³-hybridized carbons (Fsp3) is 0.250. The van der Waals surface area contributed by atoms with E-state index < -0.39 is 0 Å². The van der Waals surface area contributed by atoms with Gasteiger partial charge in [0.05, 0.1) is 7.11 Å². The van der Waals surface area contributed by atoms with Gasteiger partial charge in [0.15, 0.2) is 0 Å². The highest BCUT2D eigenvalue weighted by molar-refractivity contribution is 5.37. The number of hydrogen-bond acceptors (Lipinski definition) is 3. The Morgan fingerprint density at radius 2 is 1.90 bits per heavy atom. The van der Waals surface area contributed by atoms with E-state index in [2.05, 4.69) is 0 Å². The Balaban J connectivity index is 2.19. The van der Waals surface area contributed by atoms with Crippen molar-refractivity contribution < 1.29 is 13.9 Å². The second kappa shape index (κ2) is 6.39. The van der Waals surface area contributed by atoms with Gasteiger partial charge in [-0.3, -0.25) is 0 Å². The zero-order chi connectivity index (χ0) is 14.5. The molecule has 0 saturated carbocycles. The monoisotopic (exact) mass is 275 g/mol. The Morgan fingerprint density at radius 3 is 2.60 bits per heavy atom. The van der Waals surface area contributed by atoms with Crippen LogP contribution < -0.4 is 15.2 Å². The van der Waals surface area contributed by atoms with Gasteiger partial charge in [0.25, 0.3) is 0 Å². The maximum atomic E-state index is 13.3. The topological polar surface area (TPSA) is 44.5 Å². The molecule has 0 aromatic heterocycles. The van der Waals surface area contributed by atoms with Gasteiger partial charge in [-0.2, -0.15) is 0 Å². The molecule has 0 radical (unpaired) electrons. The maximum Gasteiger partial charge on any atom is 0.125 e. The van der Waals surface area contributed by atoms with Crippen LogP contribution in [-0.2, 0) is 6.61 Å². The molecule has 2 rings (SSSR count). The van der Waals surface area contributed by atoms with Gasteiger partial charge in [-0.25, -0.2) is 4.39 Å². The van der Waals surface area contributed by atoms with Crippen molar-refractivity contribution in [2.24, 2.45) is 5.73 Å². The lowest BCUT2D eigenvalue weighted by Gasteiger charge is -2.15. The third kappa shape index (κ3) is 3.27. The fourth-order valence-corrected chi connectivity index (χ4v) is 1.98. The molecule has 0 unspecified atom stereocenters. The number of hydrogen-bond donors (Lipinski definition) is 1. The molecule has 0 aliphatic heterocycles.